The molecule has 0 atom stereocenters. The van der Waals surface area contributed by atoms with E-state index in [0.29, 0.717) is 17.1 Å². The van der Waals surface area contributed by atoms with Crippen molar-refractivity contribution < 1.29 is 14.3 Å². The number of carbonyl (C=O) groups is 2. The summed E-state index contributed by atoms with van der Waals surface area (Å²) in [4.78, 5) is 26.2. The summed E-state index contributed by atoms with van der Waals surface area (Å²) >= 11 is 2.21. The molecule has 1 saturated heterocycles. The first-order chi connectivity index (χ1) is 12.6. The number of urea groups is 1. The molecule has 2 aromatic rings. The van der Waals surface area contributed by atoms with E-state index >= 15 is 0 Å². The van der Waals surface area contributed by atoms with Crippen LogP contribution in [0.15, 0.2) is 48.5 Å². The minimum atomic E-state index is -0.286. The summed E-state index contributed by atoms with van der Waals surface area (Å²) in [6, 6.07) is 14.5. The molecule has 3 rings (SSSR count). The Bertz CT molecular complexity index is 774. The number of hydrogen-bond donors (Lipinski definition) is 2. The fraction of sp³-hybridized carbons (Fsp3) is 0.263. The number of benzene rings is 2. The van der Waals surface area contributed by atoms with Crippen LogP contribution in [0.5, 0.6) is 5.75 Å². The predicted octanol–water partition coefficient (Wildman–Crippen LogP) is 3.94. The van der Waals surface area contributed by atoms with Crippen molar-refractivity contribution in [3.63, 3.8) is 0 Å². The summed E-state index contributed by atoms with van der Waals surface area (Å²) in [5.41, 5.74) is 1.13. The van der Waals surface area contributed by atoms with Gasteiger partial charge in [-0.15, -0.1) is 0 Å². The summed E-state index contributed by atoms with van der Waals surface area (Å²) < 4.78 is 6.59. The van der Waals surface area contributed by atoms with Crippen LogP contribution in [0.4, 0.5) is 16.2 Å². The Morgan fingerprint density at radius 2 is 1.58 bits per heavy atom. The Hall–Kier alpha value is -2.29. The fourth-order valence-electron chi connectivity index (χ4n) is 2.68. The minimum absolute atomic E-state index is 0.102. The molecule has 1 aliphatic heterocycles. The topological polar surface area (TPSA) is 70.7 Å². The maximum absolute atomic E-state index is 12.3. The van der Waals surface area contributed by atoms with Gasteiger partial charge in [0.15, 0.2) is 6.61 Å². The van der Waals surface area contributed by atoms with Crippen molar-refractivity contribution in [2.45, 2.75) is 12.8 Å². The van der Waals surface area contributed by atoms with E-state index in [-0.39, 0.29) is 18.5 Å². The van der Waals surface area contributed by atoms with E-state index in [0.717, 1.165) is 29.5 Å². The van der Waals surface area contributed by atoms with Crippen LogP contribution in [0.25, 0.3) is 0 Å². The highest BCUT2D eigenvalue weighted by molar-refractivity contribution is 14.1. The van der Waals surface area contributed by atoms with Crippen LogP contribution < -0.4 is 15.4 Å². The molecule has 0 unspecified atom stereocenters. The molecule has 0 saturated carbocycles. The number of amides is 3. The molecule has 0 aliphatic carbocycles. The second-order valence-corrected chi connectivity index (χ2v) is 7.21. The van der Waals surface area contributed by atoms with E-state index in [9.17, 15) is 9.59 Å². The number of carbonyl (C=O) groups excluding carboxylic acids is 2. The van der Waals surface area contributed by atoms with Crippen molar-refractivity contribution in [3.05, 3.63) is 52.1 Å². The van der Waals surface area contributed by atoms with Crippen LogP contribution in [0.2, 0.25) is 0 Å². The van der Waals surface area contributed by atoms with E-state index in [1.54, 1.807) is 23.1 Å². The molecule has 3 amide bonds. The van der Waals surface area contributed by atoms with Crippen LogP contribution in [-0.2, 0) is 4.79 Å². The maximum atomic E-state index is 12.3. The van der Waals surface area contributed by atoms with Crippen molar-refractivity contribution in [3.8, 4) is 5.75 Å². The third kappa shape index (κ3) is 5.10. The average molecular weight is 465 g/mol. The highest BCUT2D eigenvalue weighted by Crippen LogP contribution is 2.22. The molecule has 0 spiro atoms. The summed E-state index contributed by atoms with van der Waals surface area (Å²) in [5, 5.41) is 5.66. The van der Waals surface area contributed by atoms with Gasteiger partial charge in [0.1, 0.15) is 5.75 Å². The van der Waals surface area contributed by atoms with Gasteiger partial charge in [0.25, 0.3) is 5.91 Å². The highest BCUT2D eigenvalue weighted by Gasteiger charge is 2.19. The number of para-hydroxylation sites is 2. The summed E-state index contributed by atoms with van der Waals surface area (Å²) in [5.74, 6) is 0.350. The molecule has 6 nitrogen and oxygen atoms in total. The molecule has 136 valence electrons. The van der Waals surface area contributed by atoms with Crippen LogP contribution in [0.3, 0.4) is 0 Å². The molecule has 2 N–H and O–H groups in total. The highest BCUT2D eigenvalue weighted by atomic mass is 127. The molecule has 1 heterocycles. The van der Waals surface area contributed by atoms with Crippen LogP contribution in [0.1, 0.15) is 12.8 Å². The summed E-state index contributed by atoms with van der Waals surface area (Å²) in [6.07, 6.45) is 2.06. The van der Waals surface area contributed by atoms with Crippen molar-refractivity contribution in [1.82, 2.24) is 4.90 Å². The Balaban J connectivity index is 1.57. The number of ether oxygens (including phenoxy) is 1. The Morgan fingerprint density at radius 3 is 2.23 bits per heavy atom. The second kappa shape index (κ2) is 8.88. The lowest BCUT2D eigenvalue weighted by molar-refractivity contribution is -0.118. The first-order valence-electron chi connectivity index (χ1n) is 8.45. The predicted molar refractivity (Wildman–Crippen MR) is 110 cm³/mol. The number of hydrogen-bond acceptors (Lipinski definition) is 3. The van der Waals surface area contributed by atoms with Gasteiger partial charge in [0.05, 0.1) is 11.4 Å². The van der Waals surface area contributed by atoms with Gasteiger partial charge in [-0.25, -0.2) is 4.79 Å². The van der Waals surface area contributed by atoms with E-state index in [1.165, 1.54) is 0 Å². The van der Waals surface area contributed by atoms with E-state index in [1.807, 2.05) is 30.3 Å². The van der Waals surface area contributed by atoms with Crippen molar-refractivity contribution in [2.24, 2.45) is 0 Å². The molecule has 26 heavy (non-hydrogen) atoms. The zero-order valence-corrected chi connectivity index (χ0v) is 16.4. The lowest BCUT2D eigenvalue weighted by Gasteiger charge is -2.18. The number of halogens is 1. The van der Waals surface area contributed by atoms with Crippen molar-refractivity contribution in [1.29, 1.82) is 0 Å². The van der Waals surface area contributed by atoms with E-state index in [2.05, 4.69) is 33.2 Å². The maximum Gasteiger partial charge on any atom is 0.321 e. The summed E-state index contributed by atoms with van der Waals surface area (Å²) in [7, 11) is 0. The van der Waals surface area contributed by atoms with Gasteiger partial charge in [-0.1, -0.05) is 12.1 Å². The second-order valence-electron chi connectivity index (χ2n) is 5.96. The third-order valence-corrected chi connectivity index (χ3v) is 4.74. The summed E-state index contributed by atoms with van der Waals surface area (Å²) in [6.45, 7) is 1.43. The van der Waals surface area contributed by atoms with Crippen molar-refractivity contribution in [2.75, 3.05) is 30.3 Å². The standard InChI is InChI=1S/C19H20IN3O3/c20-14-7-9-15(10-8-14)26-13-18(24)21-16-5-1-2-6-17(16)22-19(25)23-11-3-4-12-23/h1-2,5-10H,3-4,11-13H2,(H,21,24)(H,22,25). The number of likely N-dealkylation sites (tertiary alicyclic amines) is 1. The van der Waals surface area contributed by atoms with Crippen LogP contribution in [0, 0.1) is 3.57 Å². The average Bonchev–Trinajstić information content (AvgIpc) is 3.18. The monoisotopic (exact) mass is 465 g/mol. The fourth-order valence-corrected chi connectivity index (χ4v) is 3.04. The van der Waals surface area contributed by atoms with Gasteiger partial charge in [0, 0.05) is 16.7 Å². The normalized spacial score (nSPS) is 13.3. The van der Waals surface area contributed by atoms with E-state index < -0.39 is 0 Å². The lowest BCUT2D eigenvalue weighted by atomic mass is 10.2. The largest absolute Gasteiger partial charge is 0.484 e. The number of anilines is 2. The smallest absolute Gasteiger partial charge is 0.321 e. The number of nitrogens with one attached hydrogen (secondary N) is 2. The lowest BCUT2D eigenvalue weighted by Crippen LogP contribution is -2.32. The Labute approximate surface area is 166 Å². The van der Waals surface area contributed by atoms with Crippen LogP contribution in [-0.4, -0.2) is 36.5 Å². The number of rotatable bonds is 5. The zero-order valence-electron chi connectivity index (χ0n) is 14.2. The van der Waals surface area contributed by atoms with Gasteiger partial charge >= 0.3 is 6.03 Å². The molecule has 0 bridgehead atoms. The van der Waals surface area contributed by atoms with Crippen molar-refractivity contribution >= 4 is 45.9 Å². The first kappa shape index (κ1) is 18.5. The van der Waals surface area contributed by atoms with Gasteiger partial charge in [0.2, 0.25) is 0 Å². The quantitative estimate of drug-likeness (QED) is 0.658. The van der Waals surface area contributed by atoms with E-state index in [4.69, 9.17) is 4.74 Å². The first-order valence-corrected chi connectivity index (χ1v) is 9.53. The molecule has 2 aromatic carbocycles. The number of nitrogens with zero attached hydrogens (tertiary/aromatic N) is 1. The molecular formula is C19H20IN3O3. The molecule has 0 aromatic heterocycles. The minimum Gasteiger partial charge on any atom is -0.484 e. The molecular weight excluding hydrogens is 445 g/mol. The van der Waals surface area contributed by atoms with Gasteiger partial charge in [-0.2, -0.15) is 0 Å². The van der Waals surface area contributed by atoms with Gasteiger partial charge in [-0.3, -0.25) is 4.79 Å². The zero-order chi connectivity index (χ0) is 18.4. The Morgan fingerprint density at radius 1 is 0.962 bits per heavy atom. The molecule has 7 heteroatoms. The molecule has 0 radical (unpaired) electrons. The third-order valence-electron chi connectivity index (χ3n) is 4.02. The SMILES string of the molecule is O=C(COc1ccc(I)cc1)Nc1ccccc1NC(=O)N1CCCC1. The Kier molecular flexibility index (Phi) is 6.32. The molecule has 1 fully saturated rings. The molecule has 1 aliphatic rings. The van der Waals surface area contributed by atoms with Crippen LogP contribution >= 0.6 is 22.6 Å². The van der Waals surface area contributed by atoms with Gasteiger partial charge < -0.3 is 20.3 Å². The van der Waals surface area contributed by atoms with Gasteiger partial charge in [-0.05, 0) is 71.8 Å².